The van der Waals surface area contributed by atoms with Crippen LogP contribution in [-0.4, -0.2) is 23.0 Å². The second kappa shape index (κ2) is 3.79. The average molecular weight is 217 g/mol. The molecule has 4 nitrogen and oxygen atoms in total. The number of ether oxygens (including phenoxy) is 1. The number of aromatic nitrogens is 2. The highest BCUT2D eigenvalue weighted by molar-refractivity contribution is 5.81. The molecule has 0 amide bonds. The Bertz CT molecular complexity index is 500. The summed E-state index contributed by atoms with van der Waals surface area (Å²) in [7, 11) is 0. The van der Waals surface area contributed by atoms with E-state index in [0.717, 1.165) is 42.6 Å². The molecule has 1 unspecified atom stereocenters. The third-order valence-corrected chi connectivity index (χ3v) is 3.10. The van der Waals surface area contributed by atoms with Crippen molar-refractivity contribution in [3.8, 4) is 0 Å². The summed E-state index contributed by atoms with van der Waals surface area (Å²) in [5.41, 5.74) is 7.70. The zero-order chi connectivity index (χ0) is 11.0. The summed E-state index contributed by atoms with van der Waals surface area (Å²) in [6.07, 6.45) is 4.13. The number of nitrogens with two attached hydrogens (primary N) is 1. The van der Waals surface area contributed by atoms with E-state index >= 15 is 0 Å². The maximum Gasteiger partial charge on any atom is 0.0760 e. The lowest BCUT2D eigenvalue weighted by Gasteiger charge is -2.23. The molecule has 1 aromatic carbocycles. The van der Waals surface area contributed by atoms with Gasteiger partial charge in [0.2, 0.25) is 0 Å². The molecule has 4 heteroatoms. The van der Waals surface area contributed by atoms with Crippen LogP contribution in [0.1, 0.15) is 18.9 Å². The topological polar surface area (TPSA) is 53.1 Å². The summed E-state index contributed by atoms with van der Waals surface area (Å²) < 4.78 is 7.54. The van der Waals surface area contributed by atoms with Gasteiger partial charge in [0.15, 0.2) is 0 Å². The summed E-state index contributed by atoms with van der Waals surface area (Å²) in [4.78, 5) is 0. The van der Waals surface area contributed by atoms with Crippen LogP contribution in [0.3, 0.4) is 0 Å². The smallest absolute Gasteiger partial charge is 0.0760 e. The lowest BCUT2D eigenvalue weighted by Crippen LogP contribution is -2.21. The van der Waals surface area contributed by atoms with Crippen LogP contribution in [0.5, 0.6) is 0 Å². The summed E-state index contributed by atoms with van der Waals surface area (Å²) >= 11 is 0. The number of rotatable bonds is 1. The largest absolute Gasteiger partial charge is 0.399 e. The lowest BCUT2D eigenvalue weighted by atomic mass is 10.1. The van der Waals surface area contributed by atoms with E-state index in [1.807, 2.05) is 29.1 Å². The number of nitrogen functional groups attached to an aromatic ring is 1. The predicted molar refractivity (Wildman–Crippen MR) is 63.2 cm³/mol. The SMILES string of the molecule is Nc1ccc2cnn(C3CCCOC3)c2c1. The van der Waals surface area contributed by atoms with Crippen molar-refractivity contribution in [3.05, 3.63) is 24.4 Å². The van der Waals surface area contributed by atoms with Crippen molar-refractivity contribution < 1.29 is 4.74 Å². The van der Waals surface area contributed by atoms with Crippen LogP contribution < -0.4 is 5.73 Å². The lowest BCUT2D eigenvalue weighted by molar-refractivity contribution is 0.0565. The number of anilines is 1. The Labute approximate surface area is 94.0 Å². The van der Waals surface area contributed by atoms with Crippen LogP contribution in [0.25, 0.3) is 10.9 Å². The molecule has 2 aromatic rings. The van der Waals surface area contributed by atoms with Crippen molar-refractivity contribution in [2.75, 3.05) is 18.9 Å². The van der Waals surface area contributed by atoms with Gasteiger partial charge in [0.25, 0.3) is 0 Å². The van der Waals surface area contributed by atoms with Gasteiger partial charge in [0.05, 0.1) is 24.4 Å². The first-order valence-electron chi connectivity index (χ1n) is 5.65. The molecule has 0 radical (unpaired) electrons. The molecule has 2 heterocycles. The molecule has 1 fully saturated rings. The first-order valence-corrected chi connectivity index (χ1v) is 5.65. The van der Waals surface area contributed by atoms with Gasteiger partial charge >= 0.3 is 0 Å². The fourth-order valence-electron chi connectivity index (χ4n) is 2.26. The van der Waals surface area contributed by atoms with Crippen LogP contribution >= 0.6 is 0 Å². The first-order chi connectivity index (χ1) is 7.84. The quantitative estimate of drug-likeness (QED) is 0.743. The minimum absolute atomic E-state index is 0.355. The first kappa shape index (κ1) is 9.66. The Balaban J connectivity index is 2.05. The van der Waals surface area contributed by atoms with E-state index in [4.69, 9.17) is 10.5 Å². The van der Waals surface area contributed by atoms with Gasteiger partial charge in [-0.3, -0.25) is 4.68 Å². The Morgan fingerprint density at radius 1 is 1.44 bits per heavy atom. The van der Waals surface area contributed by atoms with Gasteiger partial charge in [-0.2, -0.15) is 5.10 Å². The molecule has 1 aliphatic rings. The van der Waals surface area contributed by atoms with Crippen LogP contribution in [-0.2, 0) is 4.74 Å². The van der Waals surface area contributed by atoms with Crippen LogP contribution in [0.4, 0.5) is 5.69 Å². The summed E-state index contributed by atoms with van der Waals surface area (Å²) in [5.74, 6) is 0. The van der Waals surface area contributed by atoms with Gasteiger partial charge in [0.1, 0.15) is 0 Å². The third-order valence-electron chi connectivity index (χ3n) is 3.10. The molecule has 2 N–H and O–H groups in total. The molecule has 16 heavy (non-hydrogen) atoms. The van der Waals surface area contributed by atoms with Crippen LogP contribution in [0.15, 0.2) is 24.4 Å². The third kappa shape index (κ3) is 1.55. The Morgan fingerprint density at radius 3 is 3.19 bits per heavy atom. The second-order valence-corrected chi connectivity index (χ2v) is 4.28. The summed E-state index contributed by atoms with van der Waals surface area (Å²) in [5, 5.41) is 5.58. The molecular formula is C12H15N3O. The fraction of sp³-hybridized carbons (Fsp3) is 0.417. The molecule has 84 valence electrons. The van der Waals surface area contributed by atoms with Crippen molar-refractivity contribution in [2.24, 2.45) is 0 Å². The van der Waals surface area contributed by atoms with E-state index in [-0.39, 0.29) is 0 Å². The number of hydrogen-bond donors (Lipinski definition) is 1. The van der Waals surface area contributed by atoms with Crippen molar-refractivity contribution in [3.63, 3.8) is 0 Å². The molecule has 3 rings (SSSR count). The molecule has 0 saturated carbocycles. The number of hydrogen-bond acceptors (Lipinski definition) is 3. The Kier molecular flexibility index (Phi) is 2.29. The Morgan fingerprint density at radius 2 is 2.38 bits per heavy atom. The highest BCUT2D eigenvalue weighted by atomic mass is 16.5. The van der Waals surface area contributed by atoms with Crippen molar-refractivity contribution in [2.45, 2.75) is 18.9 Å². The summed E-state index contributed by atoms with van der Waals surface area (Å²) in [6, 6.07) is 6.26. The molecule has 0 aliphatic carbocycles. The molecule has 0 bridgehead atoms. The van der Waals surface area contributed by atoms with Crippen LogP contribution in [0, 0.1) is 0 Å². The molecular weight excluding hydrogens is 202 g/mol. The predicted octanol–water partition coefficient (Wildman–Crippen LogP) is 1.97. The van der Waals surface area contributed by atoms with E-state index in [9.17, 15) is 0 Å². The van der Waals surface area contributed by atoms with E-state index in [2.05, 4.69) is 5.10 Å². The van der Waals surface area contributed by atoms with Crippen molar-refractivity contribution >= 4 is 16.6 Å². The normalized spacial score (nSPS) is 21.4. The zero-order valence-electron chi connectivity index (χ0n) is 9.10. The Hall–Kier alpha value is -1.55. The monoisotopic (exact) mass is 217 g/mol. The second-order valence-electron chi connectivity index (χ2n) is 4.28. The molecule has 1 aliphatic heterocycles. The minimum atomic E-state index is 0.355. The standard InChI is InChI=1S/C12H15N3O/c13-10-4-3-9-7-14-15(12(9)6-10)11-2-1-5-16-8-11/h3-4,6-7,11H,1-2,5,8,13H2. The van der Waals surface area contributed by atoms with E-state index < -0.39 is 0 Å². The molecule has 1 atom stereocenters. The van der Waals surface area contributed by atoms with E-state index in [1.165, 1.54) is 0 Å². The van der Waals surface area contributed by atoms with Gasteiger partial charge in [0, 0.05) is 17.7 Å². The van der Waals surface area contributed by atoms with E-state index in [1.54, 1.807) is 0 Å². The zero-order valence-corrected chi connectivity index (χ0v) is 9.10. The van der Waals surface area contributed by atoms with Gasteiger partial charge in [-0.25, -0.2) is 0 Å². The fourth-order valence-corrected chi connectivity index (χ4v) is 2.26. The maximum absolute atomic E-state index is 5.81. The summed E-state index contributed by atoms with van der Waals surface area (Å²) in [6.45, 7) is 1.63. The van der Waals surface area contributed by atoms with E-state index in [0.29, 0.717) is 6.04 Å². The van der Waals surface area contributed by atoms with Gasteiger partial charge in [-0.1, -0.05) is 0 Å². The molecule has 1 aromatic heterocycles. The van der Waals surface area contributed by atoms with Gasteiger partial charge < -0.3 is 10.5 Å². The van der Waals surface area contributed by atoms with Crippen molar-refractivity contribution in [1.82, 2.24) is 9.78 Å². The van der Waals surface area contributed by atoms with Gasteiger partial charge in [-0.15, -0.1) is 0 Å². The number of benzene rings is 1. The highest BCUT2D eigenvalue weighted by Gasteiger charge is 2.18. The minimum Gasteiger partial charge on any atom is -0.399 e. The maximum atomic E-state index is 5.81. The number of nitrogens with zero attached hydrogens (tertiary/aromatic N) is 2. The van der Waals surface area contributed by atoms with Crippen LogP contribution in [0.2, 0.25) is 0 Å². The molecule has 1 saturated heterocycles. The van der Waals surface area contributed by atoms with Crippen molar-refractivity contribution in [1.29, 1.82) is 0 Å². The highest BCUT2D eigenvalue weighted by Crippen LogP contribution is 2.25. The molecule has 0 spiro atoms. The van der Waals surface area contributed by atoms with Gasteiger partial charge in [-0.05, 0) is 31.0 Å². The average Bonchev–Trinajstić information content (AvgIpc) is 2.73. The number of fused-ring (bicyclic) bond motifs is 1.